The second kappa shape index (κ2) is 6.10. The number of carbonyl (C=O) groups excluding carboxylic acids is 1. The molecule has 0 radical (unpaired) electrons. The van der Waals surface area contributed by atoms with Crippen molar-refractivity contribution in [3.8, 4) is 9.88 Å². The first-order chi connectivity index (χ1) is 10.8. The van der Waals surface area contributed by atoms with Gasteiger partial charge in [0.05, 0.1) is 35.7 Å². The quantitative estimate of drug-likeness (QED) is 0.866. The molecule has 1 aliphatic carbocycles. The van der Waals surface area contributed by atoms with E-state index in [0.717, 1.165) is 30.1 Å². The molecule has 0 spiro atoms. The molecule has 0 N–H and O–H groups in total. The molecule has 2 atom stereocenters. The van der Waals surface area contributed by atoms with Gasteiger partial charge in [-0.15, -0.1) is 22.7 Å². The topological polar surface area (TPSA) is 42.4 Å². The van der Waals surface area contributed by atoms with Gasteiger partial charge in [0.1, 0.15) is 5.01 Å². The van der Waals surface area contributed by atoms with Crippen molar-refractivity contribution in [2.75, 3.05) is 13.2 Å². The van der Waals surface area contributed by atoms with Gasteiger partial charge in [0.2, 0.25) is 5.91 Å². The molecule has 3 heterocycles. The number of thiophene rings is 1. The molecule has 1 aliphatic heterocycles. The first-order valence-corrected chi connectivity index (χ1v) is 9.46. The largest absolute Gasteiger partial charge is 0.374 e. The Bertz CT molecular complexity index is 653. The minimum atomic E-state index is 0.197. The average Bonchev–Trinajstić information content (AvgIpc) is 3.27. The smallest absolute Gasteiger partial charge is 0.229 e. The molecule has 2 aliphatic rings. The molecule has 4 nitrogen and oxygen atoms in total. The summed E-state index contributed by atoms with van der Waals surface area (Å²) in [6, 6.07) is 4.39. The highest BCUT2D eigenvalue weighted by Gasteiger charge is 2.38. The standard InChI is InChI=1S/C16H18N2O2S2/c19-15(18-6-7-20-13-4-1-3-12(13)18)9-11-10-22-16(17-11)14-5-2-8-21-14/h2,5,8,10,12-13H,1,3-4,6-7,9H2/t12-,13-/m1/s1. The molecule has 1 saturated carbocycles. The second-order valence-corrected chi connectivity index (χ2v) is 7.60. The Kier molecular flexibility index (Phi) is 3.98. The lowest BCUT2D eigenvalue weighted by atomic mass is 10.1. The summed E-state index contributed by atoms with van der Waals surface area (Å²) in [4.78, 5) is 20.5. The van der Waals surface area contributed by atoms with Crippen LogP contribution in [-0.4, -0.2) is 41.1 Å². The van der Waals surface area contributed by atoms with Crippen molar-refractivity contribution >= 4 is 28.6 Å². The minimum Gasteiger partial charge on any atom is -0.374 e. The summed E-state index contributed by atoms with van der Waals surface area (Å²) in [7, 11) is 0. The number of aromatic nitrogens is 1. The molecule has 0 bridgehead atoms. The number of hydrogen-bond donors (Lipinski definition) is 0. The van der Waals surface area contributed by atoms with E-state index in [4.69, 9.17) is 4.74 Å². The van der Waals surface area contributed by atoms with Crippen LogP contribution >= 0.6 is 22.7 Å². The normalized spacial score (nSPS) is 24.5. The summed E-state index contributed by atoms with van der Waals surface area (Å²) in [5, 5.41) is 5.08. The Morgan fingerprint density at radius 1 is 1.41 bits per heavy atom. The van der Waals surface area contributed by atoms with E-state index in [1.54, 1.807) is 22.7 Å². The van der Waals surface area contributed by atoms with Crippen LogP contribution in [0.5, 0.6) is 0 Å². The van der Waals surface area contributed by atoms with Crippen LogP contribution in [0.1, 0.15) is 25.0 Å². The molecular weight excluding hydrogens is 316 g/mol. The number of ether oxygens (including phenoxy) is 1. The summed E-state index contributed by atoms with van der Waals surface area (Å²) >= 11 is 3.30. The highest BCUT2D eigenvalue weighted by atomic mass is 32.1. The van der Waals surface area contributed by atoms with E-state index in [9.17, 15) is 4.79 Å². The van der Waals surface area contributed by atoms with Gasteiger partial charge in [-0.05, 0) is 30.7 Å². The lowest BCUT2D eigenvalue weighted by Crippen LogP contribution is -2.51. The number of amides is 1. The molecule has 4 rings (SSSR count). The first-order valence-electron chi connectivity index (χ1n) is 7.70. The zero-order valence-electron chi connectivity index (χ0n) is 12.2. The summed E-state index contributed by atoms with van der Waals surface area (Å²) in [6.07, 6.45) is 4.00. The number of morpholine rings is 1. The van der Waals surface area contributed by atoms with Crippen molar-refractivity contribution in [3.05, 3.63) is 28.6 Å². The summed E-state index contributed by atoms with van der Waals surface area (Å²) < 4.78 is 5.78. The summed E-state index contributed by atoms with van der Waals surface area (Å²) in [5.74, 6) is 0.197. The Morgan fingerprint density at radius 3 is 3.23 bits per heavy atom. The zero-order valence-corrected chi connectivity index (χ0v) is 13.9. The summed E-state index contributed by atoms with van der Waals surface area (Å²) in [6.45, 7) is 1.40. The fourth-order valence-electron chi connectivity index (χ4n) is 3.39. The minimum absolute atomic E-state index is 0.197. The van der Waals surface area contributed by atoms with Crippen LogP contribution in [0, 0.1) is 0 Å². The fourth-order valence-corrected chi connectivity index (χ4v) is 5.03. The number of thiazole rings is 1. The molecule has 0 aromatic carbocycles. The molecule has 2 fully saturated rings. The third-order valence-electron chi connectivity index (χ3n) is 4.42. The van der Waals surface area contributed by atoms with Gasteiger partial charge in [-0.2, -0.15) is 0 Å². The van der Waals surface area contributed by atoms with E-state index >= 15 is 0 Å². The maximum atomic E-state index is 12.6. The second-order valence-electron chi connectivity index (χ2n) is 5.79. The highest BCUT2D eigenvalue weighted by molar-refractivity contribution is 7.20. The van der Waals surface area contributed by atoms with Gasteiger partial charge in [0, 0.05) is 11.9 Å². The maximum absolute atomic E-state index is 12.6. The SMILES string of the molecule is O=C(Cc1csc(-c2cccs2)n1)N1CCO[C@@H]2CCC[C@H]21. The Balaban J connectivity index is 1.45. The molecule has 6 heteroatoms. The Morgan fingerprint density at radius 2 is 2.36 bits per heavy atom. The number of carbonyl (C=O) groups is 1. The number of fused-ring (bicyclic) bond motifs is 1. The van der Waals surface area contributed by atoms with Crippen LogP contribution in [0.2, 0.25) is 0 Å². The number of rotatable bonds is 3. The average molecular weight is 334 g/mol. The molecule has 1 saturated heterocycles. The van der Waals surface area contributed by atoms with E-state index in [1.165, 1.54) is 11.3 Å². The molecule has 2 aromatic heterocycles. The van der Waals surface area contributed by atoms with Gasteiger partial charge in [-0.25, -0.2) is 4.98 Å². The predicted octanol–water partition coefficient (Wildman–Crippen LogP) is 3.19. The monoisotopic (exact) mass is 334 g/mol. The molecule has 22 heavy (non-hydrogen) atoms. The van der Waals surface area contributed by atoms with Crippen LogP contribution in [0.3, 0.4) is 0 Å². The highest BCUT2D eigenvalue weighted by Crippen LogP contribution is 2.31. The Hall–Kier alpha value is -1.24. The predicted molar refractivity (Wildman–Crippen MR) is 88.2 cm³/mol. The number of nitrogens with zero attached hydrogens (tertiary/aromatic N) is 2. The van der Waals surface area contributed by atoms with Crippen LogP contribution < -0.4 is 0 Å². The lowest BCUT2D eigenvalue weighted by Gasteiger charge is -2.37. The molecule has 2 aromatic rings. The van der Waals surface area contributed by atoms with Crippen LogP contribution in [-0.2, 0) is 16.0 Å². The van der Waals surface area contributed by atoms with E-state index in [1.807, 2.05) is 16.3 Å². The van der Waals surface area contributed by atoms with Crippen molar-refractivity contribution in [2.24, 2.45) is 0 Å². The van der Waals surface area contributed by atoms with Crippen molar-refractivity contribution in [1.29, 1.82) is 0 Å². The van der Waals surface area contributed by atoms with Gasteiger partial charge in [-0.1, -0.05) is 6.07 Å². The maximum Gasteiger partial charge on any atom is 0.229 e. The van der Waals surface area contributed by atoms with Gasteiger partial charge < -0.3 is 9.64 Å². The molecule has 116 valence electrons. The van der Waals surface area contributed by atoms with Gasteiger partial charge in [0.25, 0.3) is 0 Å². The van der Waals surface area contributed by atoms with Crippen molar-refractivity contribution < 1.29 is 9.53 Å². The van der Waals surface area contributed by atoms with Gasteiger partial charge in [0.15, 0.2) is 0 Å². The molecule has 1 amide bonds. The first kappa shape index (κ1) is 14.4. The van der Waals surface area contributed by atoms with E-state index in [0.29, 0.717) is 13.0 Å². The molecule has 0 unspecified atom stereocenters. The third kappa shape index (κ3) is 2.71. The van der Waals surface area contributed by atoms with Crippen molar-refractivity contribution in [3.63, 3.8) is 0 Å². The van der Waals surface area contributed by atoms with Crippen LogP contribution in [0.25, 0.3) is 9.88 Å². The van der Waals surface area contributed by atoms with E-state index < -0.39 is 0 Å². The fraction of sp³-hybridized carbons (Fsp3) is 0.500. The van der Waals surface area contributed by atoms with Crippen LogP contribution in [0.15, 0.2) is 22.9 Å². The number of hydrogen-bond acceptors (Lipinski definition) is 5. The van der Waals surface area contributed by atoms with Gasteiger partial charge >= 0.3 is 0 Å². The zero-order chi connectivity index (χ0) is 14.9. The van der Waals surface area contributed by atoms with E-state index in [-0.39, 0.29) is 18.1 Å². The third-order valence-corrected chi connectivity index (χ3v) is 6.35. The van der Waals surface area contributed by atoms with Crippen LogP contribution in [0.4, 0.5) is 0 Å². The Labute approximate surface area is 137 Å². The lowest BCUT2D eigenvalue weighted by molar-refractivity contribution is -0.143. The van der Waals surface area contributed by atoms with Crippen molar-refractivity contribution in [1.82, 2.24) is 9.88 Å². The van der Waals surface area contributed by atoms with Gasteiger partial charge in [-0.3, -0.25) is 4.79 Å². The van der Waals surface area contributed by atoms with E-state index in [2.05, 4.69) is 16.4 Å². The summed E-state index contributed by atoms with van der Waals surface area (Å²) in [5.41, 5.74) is 0.888. The molecular formula is C16H18N2O2S2. The van der Waals surface area contributed by atoms with Crippen molar-refractivity contribution in [2.45, 2.75) is 37.8 Å².